The zero-order valence-electron chi connectivity index (χ0n) is 9.71. The lowest BCUT2D eigenvalue weighted by molar-refractivity contribution is -0.122. The molecule has 88 valence electrons. The van der Waals surface area contributed by atoms with E-state index in [-0.39, 0.29) is 12.0 Å². The van der Waals surface area contributed by atoms with E-state index in [0.717, 1.165) is 25.9 Å². The quantitative estimate of drug-likeness (QED) is 0.702. The van der Waals surface area contributed by atoms with Gasteiger partial charge in [0.25, 0.3) is 0 Å². The van der Waals surface area contributed by atoms with E-state index in [0.29, 0.717) is 18.9 Å². The van der Waals surface area contributed by atoms with Crippen LogP contribution in [0.3, 0.4) is 0 Å². The third-order valence-electron chi connectivity index (χ3n) is 2.92. The Hall–Kier alpha value is -0.610. The largest absolute Gasteiger partial charge is 0.380 e. The van der Waals surface area contributed by atoms with E-state index in [9.17, 15) is 4.79 Å². The first kappa shape index (κ1) is 12.5. The predicted octanol–water partition coefficient (Wildman–Crippen LogP) is 0.527. The molecule has 0 saturated carbocycles. The molecule has 1 fully saturated rings. The molecule has 0 bridgehead atoms. The van der Waals surface area contributed by atoms with E-state index >= 15 is 0 Å². The number of hydrogen-bond acceptors (Lipinski definition) is 3. The summed E-state index contributed by atoms with van der Waals surface area (Å²) in [6, 6.07) is 0. The molecule has 1 heterocycles. The van der Waals surface area contributed by atoms with Crippen LogP contribution < -0.4 is 10.6 Å². The molecule has 1 unspecified atom stereocenters. The molecule has 1 rings (SSSR count). The minimum absolute atomic E-state index is 0.0990. The second-order valence-electron chi connectivity index (χ2n) is 4.25. The Kier molecular flexibility index (Phi) is 5.65. The summed E-state index contributed by atoms with van der Waals surface area (Å²) in [5, 5.41) is 6.19. The van der Waals surface area contributed by atoms with Crippen molar-refractivity contribution in [3.05, 3.63) is 0 Å². The summed E-state index contributed by atoms with van der Waals surface area (Å²) in [6.07, 6.45) is 3.00. The topological polar surface area (TPSA) is 50.4 Å². The number of ether oxygens (including phenoxy) is 1. The molecule has 4 nitrogen and oxygen atoms in total. The van der Waals surface area contributed by atoms with Crippen LogP contribution in [-0.2, 0) is 9.53 Å². The Morgan fingerprint density at radius 3 is 2.80 bits per heavy atom. The number of carbonyl (C=O) groups excluding carboxylic acids is 1. The number of amides is 1. The van der Waals surface area contributed by atoms with Crippen LogP contribution in [0.15, 0.2) is 0 Å². The van der Waals surface area contributed by atoms with Crippen LogP contribution >= 0.6 is 0 Å². The monoisotopic (exact) mass is 214 g/mol. The van der Waals surface area contributed by atoms with Gasteiger partial charge in [0.15, 0.2) is 0 Å². The van der Waals surface area contributed by atoms with Gasteiger partial charge >= 0.3 is 0 Å². The molecule has 1 saturated heterocycles. The number of nitrogens with one attached hydrogen (secondary N) is 2. The SMILES string of the molecule is COC(C)CNC(=O)CC1CCNCC1. The predicted molar refractivity (Wildman–Crippen MR) is 59.7 cm³/mol. The van der Waals surface area contributed by atoms with Crippen molar-refractivity contribution < 1.29 is 9.53 Å². The number of carbonyl (C=O) groups is 1. The van der Waals surface area contributed by atoms with Crippen LogP contribution in [-0.4, -0.2) is 38.8 Å². The zero-order chi connectivity index (χ0) is 11.1. The van der Waals surface area contributed by atoms with Crippen molar-refractivity contribution >= 4 is 5.91 Å². The summed E-state index contributed by atoms with van der Waals surface area (Å²) >= 11 is 0. The summed E-state index contributed by atoms with van der Waals surface area (Å²) in [7, 11) is 1.66. The van der Waals surface area contributed by atoms with Crippen molar-refractivity contribution in [3.8, 4) is 0 Å². The first-order valence-electron chi connectivity index (χ1n) is 5.72. The van der Waals surface area contributed by atoms with Gasteiger partial charge < -0.3 is 15.4 Å². The lowest BCUT2D eigenvalue weighted by Gasteiger charge is -2.22. The average Bonchev–Trinajstić information content (AvgIpc) is 2.27. The van der Waals surface area contributed by atoms with Crippen molar-refractivity contribution in [2.24, 2.45) is 5.92 Å². The molecular formula is C11H22N2O2. The summed E-state index contributed by atoms with van der Waals surface area (Å²) in [6.45, 7) is 4.66. The van der Waals surface area contributed by atoms with Gasteiger partial charge in [-0.1, -0.05) is 0 Å². The highest BCUT2D eigenvalue weighted by molar-refractivity contribution is 5.76. The first-order valence-corrected chi connectivity index (χ1v) is 5.72. The minimum atomic E-state index is 0.0990. The number of hydrogen-bond donors (Lipinski definition) is 2. The number of piperidine rings is 1. The van der Waals surface area contributed by atoms with Gasteiger partial charge in [0, 0.05) is 20.1 Å². The molecule has 4 heteroatoms. The number of methoxy groups -OCH3 is 1. The fourth-order valence-electron chi connectivity index (χ4n) is 1.76. The standard InChI is InChI=1S/C11H22N2O2/c1-9(15-2)8-13-11(14)7-10-3-5-12-6-4-10/h9-10,12H,3-8H2,1-2H3,(H,13,14). The summed E-state index contributed by atoms with van der Waals surface area (Å²) in [5.41, 5.74) is 0. The van der Waals surface area contributed by atoms with Crippen molar-refractivity contribution in [2.45, 2.75) is 32.3 Å². The molecule has 1 aliphatic rings. The van der Waals surface area contributed by atoms with E-state index in [1.807, 2.05) is 6.92 Å². The molecule has 1 atom stereocenters. The summed E-state index contributed by atoms with van der Waals surface area (Å²) in [5.74, 6) is 0.718. The fourth-order valence-corrected chi connectivity index (χ4v) is 1.76. The first-order chi connectivity index (χ1) is 7.22. The van der Waals surface area contributed by atoms with Crippen LogP contribution in [0.4, 0.5) is 0 Å². The fraction of sp³-hybridized carbons (Fsp3) is 0.909. The highest BCUT2D eigenvalue weighted by Crippen LogP contribution is 2.15. The van der Waals surface area contributed by atoms with Crippen LogP contribution in [0.5, 0.6) is 0 Å². The van der Waals surface area contributed by atoms with Crippen LogP contribution in [0.25, 0.3) is 0 Å². The van der Waals surface area contributed by atoms with Gasteiger partial charge in [0.2, 0.25) is 5.91 Å². The molecular weight excluding hydrogens is 192 g/mol. The van der Waals surface area contributed by atoms with E-state index in [2.05, 4.69) is 10.6 Å². The molecule has 0 radical (unpaired) electrons. The van der Waals surface area contributed by atoms with Gasteiger partial charge in [-0.2, -0.15) is 0 Å². The van der Waals surface area contributed by atoms with E-state index in [1.165, 1.54) is 0 Å². The van der Waals surface area contributed by atoms with Gasteiger partial charge in [0.1, 0.15) is 0 Å². The maximum atomic E-state index is 11.5. The van der Waals surface area contributed by atoms with Gasteiger partial charge in [0.05, 0.1) is 6.10 Å². The normalized spacial score (nSPS) is 19.9. The van der Waals surface area contributed by atoms with Gasteiger partial charge in [-0.25, -0.2) is 0 Å². The van der Waals surface area contributed by atoms with Gasteiger partial charge in [-0.15, -0.1) is 0 Å². The lowest BCUT2D eigenvalue weighted by atomic mass is 9.94. The highest BCUT2D eigenvalue weighted by atomic mass is 16.5. The van der Waals surface area contributed by atoms with Crippen LogP contribution in [0.1, 0.15) is 26.2 Å². The second-order valence-corrected chi connectivity index (χ2v) is 4.25. The molecule has 0 aromatic carbocycles. The Labute approximate surface area is 91.8 Å². The molecule has 0 aromatic rings. The molecule has 0 spiro atoms. The molecule has 1 amide bonds. The van der Waals surface area contributed by atoms with E-state index in [4.69, 9.17) is 4.74 Å². The molecule has 15 heavy (non-hydrogen) atoms. The zero-order valence-corrected chi connectivity index (χ0v) is 9.71. The highest BCUT2D eigenvalue weighted by Gasteiger charge is 2.16. The van der Waals surface area contributed by atoms with Crippen molar-refractivity contribution in [1.82, 2.24) is 10.6 Å². The van der Waals surface area contributed by atoms with E-state index in [1.54, 1.807) is 7.11 Å². The maximum Gasteiger partial charge on any atom is 0.220 e. The van der Waals surface area contributed by atoms with Crippen molar-refractivity contribution in [1.29, 1.82) is 0 Å². The second kappa shape index (κ2) is 6.80. The van der Waals surface area contributed by atoms with Crippen LogP contribution in [0, 0.1) is 5.92 Å². The molecule has 0 aliphatic carbocycles. The smallest absolute Gasteiger partial charge is 0.220 e. The molecule has 2 N–H and O–H groups in total. The summed E-state index contributed by atoms with van der Waals surface area (Å²) < 4.78 is 5.07. The Bertz CT molecular complexity index is 191. The van der Waals surface area contributed by atoms with Crippen LogP contribution in [0.2, 0.25) is 0 Å². The van der Waals surface area contributed by atoms with E-state index < -0.39 is 0 Å². The van der Waals surface area contributed by atoms with Gasteiger partial charge in [-0.3, -0.25) is 4.79 Å². The van der Waals surface area contributed by atoms with Crippen molar-refractivity contribution in [3.63, 3.8) is 0 Å². The summed E-state index contributed by atoms with van der Waals surface area (Å²) in [4.78, 5) is 11.5. The van der Waals surface area contributed by atoms with Crippen molar-refractivity contribution in [2.75, 3.05) is 26.7 Å². The third-order valence-corrected chi connectivity index (χ3v) is 2.92. The van der Waals surface area contributed by atoms with Gasteiger partial charge in [-0.05, 0) is 38.8 Å². The molecule has 1 aliphatic heterocycles. The maximum absolute atomic E-state index is 11.5. The lowest BCUT2D eigenvalue weighted by Crippen LogP contribution is -2.35. The Morgan fingerprint density at radius 2 is 2.20 bits per heavy atom. The average molecular weight is 214 g/mol. The minimum Gasteiger partial charge on any atom is -0.380 e. The Morgan fingerprint density at radius 1 is 1.53 bits per heavy atom. The third kappa shape index (κ3) is 5.14. The molecule has 0 aromatic heterocycles. The number of rotatable bonds is 5. The Balaban J connectivity index is 2.11.